The van der Waals surface area contributed by atoms with Crippen molar-refractivity contribution in [1.29, 1.82) is 0 Å². The highest BCUT2D eigenvalue weighted by atomic mass is 16.5. The van der Waals surface area contributed by atoms with E-state index in [0.717, 1.165) is 30.7 Å². The lowest BCUT2D eigenvalue weighted by atomic mass is 10.0. The Morgan fingerprint density at radius 1 is 1.32 bits per heavy atom. The number of benzene rings is 1. The monoisotopic (exact) mass is 340 g/mol. The minimum atomic E-state index is -0.0174. The third-order valence-corrected chi connectivity index (χ3v) is 4.61. The fourth-order valence-corrected chi connectivity index (χ4v) is 3.31. The van der Waals surface area contributed by atoms with Gasteiger partial charge in [-0.2, -0.15) is 0 Å². The number of aryl methyl sites for hydroxylation is 1. The Hall–Kier alpha value is -2.63. The molecule has 0 radical (unpaired) electrons. The van der Waals surface area contributed by atoms with Crippen LogP contribution in [0.3, 0.4) is 0 Å². The molecule has 1 aliphatic heterocycles. The van der Waals surface area contributed by atoms with E-state index < -0.39 is 0 Å². The van der Waals surface area contributed by atoms with E-state index in [0.29, 0.717) is 17.2 Å². The first-order valence-electron chi connectivity index (χ1n) is 8.47. The number of methoxy groups -OCH3 is 1. The standard InChI is InChI=1S/C19H24N4O2/c1-13-15(12-20-19(21-13)22(2)3)18(24)23-11-7-9-16(23)14-8-5-6-10-17(14)25-4/h5-6,8,10,12,16H,7,9,11H2,1-4H3/t16-/m1/s1. The van der Waals surface area contributed by atoms with Crippen LogP contribution in [-0.4, -0.2) is 48.5 Å². The predicted molar refractivity (Wildman–Crippen MR) is 97.1 cm³/mol. The lowest BCUT2D eigenvalue weighted by Crippen LogP contribution is -2.31. The number of amides is 1. The Bertz CT molecular complexity index is 776. The van der Waals surface area contributed by atoms with Crippen molar-refractivity contribution >= 4 is 11.9 Å². The van der Waals surface area contributed by atoms with Crippen LogP contribution < -0.4 is 9.64 Å². The van der Waals surface area contributed by atoms with E-state index in [4.69, 9.17) is 4.74 Å². The lowest BCUT2D eigenvalue weighted by molar-refractivity contribution is 0.0732. The van der Waals surface area contributed by atoms with E-state index in [1.807, 2.05) is 55.1 Å². The Kier molecular flexibility index (Phi) is 4.88. The van der Waals surface area contributed by atoms with Gasteiger partial charge in [0.15, 0.2) is 0 Å². The minimum absolute atomic E-state index is 0.0174. The van der Waals surface area contributed by atoms with Gasteiger partial charge in [0.2, 0.25) is 5.95 Å². The van der Waals surface area contributed by atoms with Gasteiger partial charge in [-0.3, -0.25) is 4.79 Å². The Labute approximate surface area is 148 Å². The van der Waals surface area contributed by atoms with Crippen LogP contribution in [0.1, 0.15) is 40.5 Å². The summed E-state index contributed by atoms with van der Waals surface area (Å²) in [6, 6.07) is 7.93. The molecule has 0 aliphatic carbocycles. The number of hydrogen-bond acceptors (Lipinski definition) is 5. The molecule has 1 amide bonds. The van der Waals surface area contributed by atoms with E-state index in [1.54, 1.807) is 13.3 Å². The zero-order valence-corrected chi connectivity index (χ0v) is 15.2. The van der Waals surface area contributed by atoms with Crippen molar-refractivity contribution in [1.82, 2.24) is 14.9 Å². The largest absolute Gasteiger partial charge is 0.496 e. The first kappa shape index (κ1) is 17.2. The third kappa shape index (κ3) is 3.29. The highest BCUT2D eigenvalue weighted by molar-refractivity contribution is 5.95. The van der Waals surface area contributed by atoms with Crippen LogP contribution in [-0.2, 0) is 0 Å². The molecule has 0 saturated carbocycles. The van der Waals surface area contributed by atoms with Crippen molar-refractivity contribution in [3.8, 4) is 5.75 Å². The second-order valence-electron chi connectivity index (χ2n) is 6.46. The van der Waals surface area contributed by atoms with Crippen LogP contribution >= 0.6 is 0 Å². The molecule has 1 saturated heterocycles. The van der Waals surface area contributed by atoms with Gasteiger partial charge in [0.1, 0.15) is 5.75 Å². The number of para-hydroxylation sites is 1. The smallest absolute Gasteiger partial charge is 0.257 e. The second kappa shape index (κ2) is 7.09. The molecular weight excluding hydrogens is 316 g/mol. The average Bonchev–Trinajstić information content (AvgIpc) is 3.10. The first-order valence-corrected chi connectivity index (χ1v) is 8.47. The number of carbonyl (C=O) groups is 1. The van der Waals surface area contributed by atoms with Gasteiger partial charge >= 0.3 is 0 Å². The van der Waals surface area contributed by atoms with Gasteiger partial charge in [0.05, 0.1) is 24.4 Å². The molecule has 2 aromatic rings. The molecule has 1 aromatic carbocycles. The number of hydrogen-bond donors (Lipinski definition) is 0. The molecule has 1 atom stereocenters. The zero-order chi connectivity index (χ0) is 18.0. The number of aromatic nitrogens is 2. The summed E-state index contributed by atoms with van der Waals surface area (Å²) in [6.45, 7) is 2.59. The molecule has 3 rings (SSSR count). The van der Waals surface area contributed by atoms with Crippen LogP contribution in [0.25, 0.3) is 0 Å². The van der Waals surface area contributed by atoms with Gasteiger partial charge in [0.25, 0.3) is 5.91 Å². The second-order valence-corrected chi connectivity index (χ2v) is 6.46. The van der Waals surface area contributed by atoms with E-state index in [-0.39, 0.29) is 11.9 Å². The number of nitrogens with zero attached hydrogens (tertiary/aromatic N) is 4. The Morgan fingerprint density at radius 2 is 2.08 bits per heavy atom. The van der Waals surface area contributed by atoms with Crippen LogP contribution in [0.2, 0.25) is 0 Å². The van der Waals surface area contributed by atoms with Crippen molar-refractivity contribution in [2.75, 3.05) is 32.6 Å². The van der Waals surface area contributed by atoms with Gasteiger partial charge in [-0.1, -0.05) is 18.2 Å². The number of carbonyl (C=O) groups excluding carboxylic acids is 1. The Balaban J connectivity index is 1.91. The van der Waals surface area contributed by atoms with Crippen molar-refractivity contribution in [2.24, 2.45) is 0 Å². The highest BCUT2D eigenvalue weighted by Crippen LogP contribution is 2.37. The van der Waals surface area contributed by atoms with Gasteiger partial charge in [-0.15, -0.1) is 0 Å². The van der Waals surface area contributed by atoms with Gasteiger partial charge in [-0.05, 0) is 25.8 Å². The highest BCUT2D eigenvalue weighted by Gasteiger charge is 2.33. The zero-order valence-electron chi connectivity index (χ0n) is 15.2. The maximum Gasteiger partial charge on any atom is 0.257 e. The molecule has 25 heavy (non-hydrogen) atoms. The minimum Gasteiger partial charge on any atom is -0.496 e. The molecule has 132 valence electrons. The molecule has 0 N–H and O–H groups in total. The summed E-state index contributed by atoms with van der Waals surface area (Å²) in [5, 5.41) is 0. The van der Waals surface area contributed by atoms with Crippen molar-refractivity contribution in [3.63, 3.8) is 0 Å². The summed E-state index contributed by atoms with van der Waals surface area (Å²) >= 11 is 0. The van der Waals surface area contributed by atoms with Crippen molar-refractivity contribution in [2.45, 2.75) is 25.8 Å². The molecule has 6 nitrogen and oxygen atoms in total. The third-order valence-electron chi connectivity index (χ3n) is 4.61. The summed E-state index contributed by atoms with van der Waals surface area (Å²) in [6.07, 6.45) is 3.55. The van der Waals surface area contributed by atoms with Crippen molar-refractivity contribution in [3.05, 3.63) is 47.3 Å². The summed E-state index contributed by atoms with van der Waals surface area (Å²) < 4.78 is 5.49. The summed E-state index contributed by atoms with van der Waals surface area (Å²) in [7, 11) is 5.43. The fraction of sp³-hybridized carbons (Fsp3) is 0.421. The van der Waals surface area contributed by atoms with Crippen LogP contribution in [0, 0.1) is 6.92 Å². The average molecular weight is 340 g/mol. The first-order chi connectivity index (χ1) is 12.0. The molecule has 6 heteroatoms. The molecule has 1 fully saturated rings. The summed E-state index contributed by atoms with van der Waals surface area (Å²) in [4.78, 5) is 25.6. The van der Waals surface area contributed by atoms with E-state index in [1.165, 1.54) is 0 Å². The van der Waals surface area contributed by atoms with Crippen molar-refractivity contribution < 1.29 is 9.53 Å². The molecule has 0 bridgehead atoms. The van der Waals surface area contributed by atoms with E-state index in [2.05, 4.69) is 9.97 Å². The van der Waals surface area contributed by atoms with E-state index in [9.17, 15) is 4.79 Å². The van der Waals surface area contributed by atoms with Crippen LogP contribution in [0.4, 0.5) is 5.95 Å². The molecule has 0 unspecified atom stereocenters. The summed E-state index contributed by atoms with van der Waals surface area (Å²) in [5.74, 6) is 1.41. The summed E-state index contributed by atoms with van der Waals surface area (Å²) in [5.41, 5.74) is 2.32. The maximum absolute atomic E-state index is 13.1. The number of rotatable bonds is 4. The quantitative estimate of drug-likeness (QED) is 0.856. The topological polar surface area (TPSA) is 58.6 Å². The molecule has 0 spiro atoms. The fourth-order valence-electron chi connectivity index (χ4n) is 3.31. The van der Waals surface area contributed by atoms with Crippen LogP contribution in [0.5, 0.6) is 5.75 Å². The normalized spacial score (nSPS) is 16.8. The number of likely N-dealkylation sites (tertiary alicyclic amines) is 1. The predicted octanol–water partition coefficient (Wildman–Crippen LogP) is 2.84. The molecule has 2 heterocycles. The number of anilines is 1. The molecular formula is C19H24N4O2. The van der Waals surface area contributed by atoms with E-state index >= 15 is 0 Å². The molecule has 1 aromatic heterocycles. The number of ether oxygens (including phenoxy) is 1. The lowest BCUT2D eigenvalue weighted by Gasteiger charge is -2.27. The van der Waals surface area contributed by atoms with Gasteiger partial charge in [-0.25, -0.2) is 9.97 Å². The van der Waals surface area contributed by atoms with Crippen LogP contribution in [0.15, 0.2) is 30.5 Å². The van der Waals surface area contributed by atoms with Gasteiger partial charge in [0, 0.05) is 32.4 Å². The molecule has 1 aliphatic rings. The Morgan fingerprint density at radius 3 is 2.76 bits per heavy atom. The maximum atomic E-state index is 13.1. The van der Waals surface area contributed by atoms with Gasteiger partial charge < -0.3 is 14.5 Å². The SMILES string of the molecule is COc1ccccc1[C@H]1CCCN1C(=O)c1cnc(N(C)C)nc1C.